The molecule has 2 rings (SSSR count). The SMILES string of the molecule is CC[C@H](C)N(CC(=O)N(Cc1ccc(F)cc1)Cc1cccs1)C(C)=O. The zero-order valence-corrected chi connectivity index (χ0v) is 16.3. The lowest BCUT2D eigenvalue weighted by Gasteiger charge is -2.30. The van der Waals surface area contributed by atoms with Gasteiger partial charge in [0.25, 0.3) is 0 Å². The fourth-order valence-electron chi connectivity index (χ4n) is 2.68. The van der Waals surface area contributed by atoms with E-state index in [1.165, 1.54) is 19.1 Å². The van der Waals surface area contributed by atoms with E-state index in [0.29, 0.717) is 13.1 Å². The Morgan fingerprint density at radius 2 is 1.85 bits per heavy atom. The van der Waals surface area contributed by atoms with Gasteiger partial charge in [0.2, 0.25) is 11.8 Å². The number of carbonyl (C=O) groups is 2. The summed E-state index contributed by atoms with van der Waals surface area (Å²) >= 11 is 1.58. The third kappa shape index (κ3) is 5.66. The van der Waals surface area contributed by atoms with Crippen molar-refractivity contribution in [3.63, 3.8) is 0 Å². The van der Waals surface area contributed by atoms with Crippen LogP contribution >= 0.6 is 11.3 Å². The molecular formula is C20H25FN2O2S. The van der Waals surface area contributed by atoms with Crippen molar-refractivity contribution in [1.82, 2.24) is 9.80 Å². The van der Waals surface area contributed by atoms with Gasteiger partial charge in [0.1, 0.15) is 5.82 Å². The van der Waals surface area contributed by atoms with E-state index in [1.54, 1.807) is 33.3 Å². The van der Waals surface area contributed by atoms with Crippen molar-refractivity contribution in [2.75, 3.05) is 6.54 Å². The second-order valence-corrected chi connectivity index (χ2v) is 7.39. The monoisotopic (exact) mass is 376 g/mol. The summed E-state index contributed by atoms with van der Waals surface area (Å²) < 4.78 is 13.2. The number of halogens is 1. The number of carbonyl (C=O) groups excluding carboxylic acids is 2. The van der Waals surface area contributed by atoms with Crippen molar-refractivity contribution < 1.29 is 14.0 Å². The number of hydrogen-bond donors (Lipinski definition) is 0. The first-order valence-electron chi connectivity index (χ1n) is 8.72. The van der Waals surface area contributed by atoms with Crippen LogP contribution in [-0.2, 0) is 22.7 Å². The van der Waals surface area contributed by atoms with Crippen LogP contribution in [0.25, 0.3) is 0 Å². The van der Waals surface area contributed by atoms with Gasteiger partial charge in [-0.15, -0.1) is 11.3 Å². The quantitative estimate of drug-likeness (QED) is 0.697. The molecule has 0 N–H and O–H groups in total. The highest BCUT2D eigenvalue weighted by molar-refractivity contribution is 7.09. The summed E-state index contributed by atoms with van der Waals surface area (Å²) in [6.07, 6.45) is 0.787. The van der Waals surface area contributed by atoms with Crippen molar-refractivity contribution in [1.29, 1.82) is 0 Å². The molecule has 26 heavy (non-hydrogen) atoms. The second-order valence-electron chi connectivity index (χ2n) is 6.36. The van der Waals surface area contributed by atoms with Gasteiger partial charge in [-0.1, -0.05) is 25.1 Å². The van der Waals surface area contributed by atoms with E-state index < -0.39 is 0 Å². The average Bonchev–Trinajstić information content (AvgIpc) is 3.13. The first kappa shape index (κ1) is 20.1. The van der Waals surface area contributed by atoms with Crippen LogP contribution in [0.1, 0.15) is 37.6 Å². The maximum atomic E-state index is 13.2. The van der Waals surface area contributed by atoms with Crippen LogP contribution in [0.3, 0.4) is 0 Å². The molecule has 0 spiro atoms. The fraction of sp³-hybridized carbons (Fsp3) is 0.400. The molecular weight excluding hydrogens is 351 g/mol. The van der Waals surface area contributed by atoms with Crippen molar-refractivity contribution in [2.45, 2.75) is 46.3 Å². The standard InChI is InChI=1S/C20H25FN2O2S/c1-4-15(2)23(16(3)24)14-20(25)22(13-19-6-5-11-26-19)12-17-7-9-18(21)10-8-17/h5-11,15H,4,12-14H2,1-3H3/t15-/m0/s1. The van der Waals surface area contributed by atoms with E-state index in [-0.39, 0.29) is 30.2 Å². The van der Waals surface area contributed by atoms with E-state index >= 15 is 0 Å². The Labute approximate surface area is 158 Å². The molecule has 0 bridgehead atoms. The van der Waals surface area contributed by atoms with Gasteiger partial charge in [-0.05, 0) is 42.5 Å². The minimum absolute atomic E-state index is 0.00542. The maximum absolute atomic E-state index is 13.2. The van der Waals surface area contributed by atoms with Gasteiger partial charge in [0.15, 0.2) is 0 Å². The van der Waals surface area contributed by atoms with E-state index in [0.717, 1.165) is 16.9 Å². The topological polar surface area (TPSA) is 40.6 Å². The van der Waals surface area contributed by atoms with Crippen LogP contribution in [-0.4, -0.2) is 34.2 Å². The molecule has 1 aromatic heterocycles. The molecule has 0 unspecified atom stereocenters. The summed E-state index contributed by atoms with van der Waals surface area (Å²) in [4.78, 5) is 29.3. The molecule has 2 amide bonds. The molecule has 0 saturated heterocycles. The predicted molar refractivity (Wildman–Crippen MR) is 102 cm³/mol. The third-order valence-corrected chi connectivity index (χ3v) is 5.26. The Morgan fingerprint density at radius 3 is 2.38 bits per heavy atom. The lowest BCUT2D eigenvalue weighted by Crippen LogP contribution is -2.45. The summed E-state index contributed by atoms with van der Waals surface area (Å²) in [5.74, 6) is -0.520. The Balaban J connectivity index is 2.16. The van der Waals surface area contributed by atoms with E-state index in [9.17, 15) is 14.0 Å². The molecule has 0 saturated carbocycles. The first-order valence-corrected chi connectivity index (χ1v) is 9.60. The molecule has 6 heteroatoms. The highest BCUT2D eigenvalue weighted by Crippen LogP contribution is 2.16. The largest absolute Gasteiger partial charge is 0.332 e. The van der Waals surface area contributed by atoms with Crippen LogP contribution < -0.4 is 0 Å². The zero-order valence-electron chi connectivity index (χ0n) is 15.4. The zero-order chi connectivity index (χ0) is 19.1. The molecule has 4 nitrogen and oxygen atoms in total. The number of thiophene rings is 1. The van der Waals surface area contributed by atoms with Crippen LogP contribution in [0.15, 0.2) is 41.8 Å². The van der Waals surface area contributed by atoms with Crippen molar-refractivity contribution in [3.8, 4) is 0 Å². The maximum Gasteiger partial charge on any atom is 0.242 e. The average molecular weight is 376 g/mol. The molecule has 0 fully saturated rings. The fourth-order valence-corrected chi connectivity index (χ4v) is 3.40. The Morgan fingerprint density at radius 1 is 1.15 bits per heavy atom. The van der Waals surface area contributed by atoms with Gasteiger partial charge in [-0.2, -0.15) is 0 Å². The van der Waals surface area contributed by atoms with Gasteiger partial charge >= 0.3 is 0 Å². The second kappa shape index (κ2) is 9.48. The van der Waals surface area contributed by atoms with Gasteiger partial charge in [-0.3, -0.25) is 9.59 Å². The van der Waals surface area contributed by atoms with Gasteiger partial charge in [-0.25, -0.2) is 4.39 Å². The number of amides is 2. The molecule has 0 radical (unpaired) electrons. The van der Waals surface area contributed by atoms with Crippen LogP contribution in [0.4, 0.5) is 4.39 Å². The van der Waals surface area contributed by atoms with Crippen LogP contribution in [0.5, 0.6) is 0 Å². The molecule has 1 aromatic carbocycles. The van der Waals surface area contributed by atoms with E-state index in [4.69, 9.17) is 0 Å². The van der Waals surface area contributed by atoms with Crippen molar-refractivity contribution in [2.24, 2.45) is 0 Å². The Bertz CT molecular complexity index is 716. The minimum Gasteiger partial charge on any atom is -0.332 e. The van der Waals surface area contributed by atoms with Gasteiger partial charge < -0.3 is 9.80 Å². The summed E-state index contributed by atoms with van der Waals surface area (Å²) in [7, 11) is 0. The molecule has 0 aliphatic rings. The molecule has 0 aliphatic carbocycles. The lowest BCUT2D eigenvalue weighted by molar-refractivity contribution is -0.141. The minimum atomic E-state index is -0.301. The molecule has 2 aromatic rings. The summed E-state index contributed by atoms with van der Waals surface area (Å²) in [6, 6.07) is 10.1. The predicted octanol–water partition coefficient (Wildman–Crippen LogP) is 4.06. The Kier molecular flexibility index (Phi) is 7.33. The van der Waals surface area contributed by atoms with Crippen molar-refractivity contribution >= 4 is 23.2 Å². The number of benzene rings is 1. The lowest BCUT2D eigenvalue weighted by atomic mass is 10.2. The van der Waals surface area contributed by atoms with Crippen LogP contribution in [0, 0.1) is 5.82 Å². The summed E-state index contributed by atoms with van der Waals surface area (Å²) in [5, 5.41) is 1.97. The van der Waals surface area contributed by atoms with Crippen LogP contribution in [0.2, 0.25) is 0 Å². The molecule has 1 atom stereocenters. The molecule has 140 valence electrons. The van der Waals surface area contributed by atoms with Crippen molar-refractivity contribution in [3.05, 3.63) is 58.0 Å². The van der Waals surface area contributed by atoms with E-state index in [1.807, 2.05) is 31.4 Å². The first-order chi connectivity index (χ1) is 12.4. The number of hydrogen-bond acceptors (Lipinski definition) is 3. The summed E-state index contributed by atoms with van der Waals surface area (Å²) in [6.45, 7) is 6.33. The number of nitrogens with zero attached hydrogens (tertiary/aromatic N) is 2. The normalized spacial score (nSPS) is 11.8. The number of rotatable bonds is 8. The van der Waals surface area contributed by atoms with Gasteiger partial charge in [0.05, 0.1) is 13.1 Å². The molecule has 1 heterocycles. The summed E-state index contributed by atoms with van der Waals surface area (Å²) in [5.41, 5.74) is 0.856. The highest BCUT2D eigenvalue weighted by Gasteiger charge is 2.23. The smallest absolute Gasteiger partial charge is 0.242 e. The Hall–Kier alpha value is -2.21. The van der Waals surface area contributed by atoms with E-state index in [2.05, 4.69) is 0 Å². The molecule has 0 aliphatic heterocycles. The third-order valence-electron chi connectivity index (χ3n) is 4.40. The van der Waals surface area contributed by atoms with Gasteiger partial charge in [0, 0.05) is 24.4 Å². The highest BCUT2D eigenvalue weighted by atomic mass is 32.1.